The van der Waals surface area contributed by atoms with E-state index in [9.17, 15) is 18.0 Å². The van der Waals surface area contributed by atoms with Gasteiger partial charge in [0.15, 0.2) is 0 Å². The molecule has 1 aliphatic rings. The van der Waals surface area contributed by atoms with Crippen molar-refractivity contribution in [2.24, 2.45) is 0 Å². The number of carbonyl (C=O) groups excluding carboxylic acids is 2. The second kappa shape index (κ2) is 14.2. The number of hydrogen-bond donors (Lipinski definition) is 1. The fourth-order valence-electron chi connectivity index (χ4n) is 5.13. The molecule has 0 bridgehead atoms. The molecule has 2 amide bonds. The first-order chi connectivity index (χ1) is 19.6. The third-order valence-corrected chi connectivity index (χ3v) is 8.99. The largest absolute Gasteiger partial charge is 0.352 e. The second-order valence-electron chi connectivity index (χ2n) is 10.4. The molecule has 0 radical (unpaired) electrons. The van der Waals surface area contributed by atoms with Crippen molar-refractivity contribution in [3.05, 3.63) is 100 Å². The van der Waals surface area contributed by atoms with Gasteiger partial charge in [0.1, 0.15) is 12.6 Å². The molecule has 1 aliphatic carbocycles. The predicted octanol–water partition coefficient (Wildman–Crippen LogP) is 5.85. The molecule has 0 spiro atoms. The summed E-state index contributed by atoms with van der Waals surface area (Å²) in [7, 11) is -3.89. The predicted molar refractivity (Wildman–Crippen MR) is 165 cm³/mol. The Morgan fingerprint density at radius 3 is 2.15 bits per heavy atom. The lowest BCUT2D eigenvalue weighted by Crippen LogP contribution is -2.55. The lowest BCUT2D eigenvalue weighted by atomic mass is 9.94. The number of amides is 2. The van der Waals surface area contributed by atoms with Crippen LogP contribution in [-0.4, -0.2) is 50.0 Å². The smallest absolute Gasteiger partial charge is 0.244 e. The highest BCUT2D eigenvalue weighted by Gasteiger charge is 2.34. The van der Waals surface area contributed by atoms with Crippen molar-refractivity contribution in [1.29, 1.82) is 0 Å². The number of rotatable bonds is 11. The highest BCUT2D eigenvalue weighted by atomic mass is 35.5. The fourth-order valence-corrected chi connectivity index (χ4v) is 6.41. The number of nitrogens with one attached hydrogen (secondary N) is 1. The average Bonchev–Trinajstić information content (AvgIpc) is 2.95. The summed E-state index contributed by atoms with van der Waals surface area (Å²) in [5.41, 5.74) is 1.84. The standard InChI is InChI=1S/C31H35Cl2N3O4S/c1-41(39,40)36(28-15-9-8-14-27(28)33)22-30(37)35(21-24-16-18-25(32)19-17-24)29(20-23-10-4-2-5-11-23)31(38)34-26-12-6-3-7-13-26/h2,4-5,8-11,14-19,26,29H,3,6-7,12-13,20-22H2,1H3,(H,34,38)/t29-/m1/s1. The van der Waals surface area contributed by atoms with Gasteiger partial charge in [-0.05, 0) is 48.2 Å². The van der Waals surface area contributed by atoms with Gasteiger partial charge in [-0.15, -0.1) is 0 Å². The molecule has 10 heteroatoms. The zero-order valence-corrected chi connectivity index (χ0v) is 25.3. The molecule has 41 heavy (non-hydrogen) atoms. The van der Waals surface area contributed by atoms with Gasteiger partial charge < -0.3 is 10.2 Å². The van der Waals surface area contributed by atoms with E-state index >= 15 is 0 Å². The number of hydrogen-bond acceptors (Lipinski definition) is 4. The van der Waals surface area contributed by atoms with Gasteiger partial charge in [-0.25, -0.2) is 8.42 Å². The fraction of sp³-hybridized carbons (Fsp3) is 0.355. The van der Waals surface area contributed by atoms with Crippen molar-refractivity contribution in [1.82, 2.24) is 10.2 Å². The van der Waals surface area contributed by atoms with Crippen LogP contribution in [0.5, 0.6) is 0 Å². The van der Waals surface area contributed by atoms with Gasteiger partial charge in [0.05, 0.1) is 17.0 Å². The van der Waals surface area contributed by atoms with Crippen molar-refractivity contribution in [2.75, 3.05) is 17.1 Å². The first kappa shape index (κ1) is 30.9. The molecule has 4 rings (SSSR count). The lowest BCUT2D eigenvalue weighted by Gasteiger charge is -2.35. The van der Waals surface area contributed by atoms with E-state index in [0.29, 0.717) is 5.02 Å². The van der Waals surface area contributed by atoms with Crippen LogP contribution in [0.1, 0.15) is 43.2 Å². The van der Waals surface area contributed by atoms with E-state index in [1.165, 1.54) is 4.90 Å². The quantitative estimate of drug-likeness (QED) is 0.293. The summed E-state index contributed by atoms with van der Waals surface area (Å²) in [5.74, 6) is -0.781. The van der Waals surface area contributed by atoms with Crippen LogP contribution in [0, 0.1) is 0 Å². The topological polar surface area (TPSA) is 86.8 Å². The highest BCUT2D eigenvalue weighted by molar-refractivity contribution is 7.92. The molecule has 0 heterocycles. The minimum Gasteiger partial charge on any atom is -0.352 e. The van der Waals surface area contributed by atoms with Crippen LogP contribution in [0.3, 0.4) is 0 Å². The molecule has 3 aromatic carbocycles. The zero-order valence-electron chi connectivity index (χ0n) is 23.0. The van der Waals surface area contributed by atoms with E-state index in [-0.39, 0.29) is 35.6 Å². The van der Waals surface area contributed by atoms with Gasteiger partial charge in [0, 0.05) is 24.0 Å². The molecule has 3 aromatic rings. The summed E-state index contributed by atoms with van der Waals surface area (Å²) >= 11 is 12.5. The molecule has 0 unspecified atom stereocenters. The number of benzene rings is 3. The number of carbonyl (C=O) groups is 2. The Hall–Kier alpha value is -3.07. The molecule has 1 fully saturated rings. The average molecular weight is 617 g/mol. The van der Waals surface area contributed by atoms with E-state index in [1.54, 1.807) is 48.5 Å². The van der Waals surface area contributed by atoms with Crippen LogP contribution < -0.4 is 9.62 Å². The van der Waals surface area contributed by atoms with E-state index in [4.69, 9.17) is 23.2 Å². The van der Waals surface area contributed by atoms with Gasteiger partial charge in [-0.3, -0.25) is 13.9 Å². The van der Waals surface area contributed by atoms with Gasteiger partial charge in [-0.1, -0.05) is 97.1 Å². The monoisotopic (exact) mass is 615 g/mol. The maximum absolute atomic E-state index is 14.2. The van der Waals surface area contributed by atoms with E-state index < -0.39 is 28.5 Å². The maximum atomic E-state index is 14.2. The second-order valence-corrected chi connectivity index (χ2v) is 13.2. The van der Waals surface area contributed by atoms with Crippen molar-refractivity contribution in [3.63, 3.8) is 0 Å². The number of sulfonamides is 1. The van der Waals surface area contributed by atoms with Crippen molar-refractivity contribution in [2.45, 2.75) is 57.2 Å². The Morgan fingerprint density at radius 2 is 1.51 bits per heavy atom. The van der Waals surface area contributed by atoms with E-state index in [0.717, 1.165) is 53.8 Å². The van der Waals surface area contributed by atoms with Crippen LogP contribution in [0.4, 0.5) is 5.69 Å². The number of nitrogens with zero attached hydrogens (tertiary/aromatic N) is 2. The zero-order chi connectivity index (χ0) is 29.4. The van der Waals surface area contributed by atoms with Gasteiger partial charge in [0.25, 0.3) is 0 Å². The highest BCUT2D eigenvalue weighted by Crippen LogP contribution is 2.28. The Kier molecular flexibility index (Phi) is 10.7. The number of halogens is 2. The van der Waals surface area contributed by atoms with E-state index in [2.05, 4.69) is 5.32 Å². The normalized spacial score (nSPS) is 14.7. The maximum Gasteiger partial charge on any atom is 0.244 e. The molecule has 0 aromatic heterocycles. The molecule has 218 valence electrons. The summed E-state index contributed by atoms with van der Waals surface area (Å²) in [6.45, 7) is -0.427. The van der Waals surface area contributed by atoms with Gasteiger partial charge in [-0.2, -0.15) is 0 Å². The van der Waals surface area contributed by atoms with Crippen molar-refractivity contribution in [3.8, 4) is 0 Å². The Morgan fingerprint density at radius 1 is 0.878 bits per heavy atom. The first-order valence-electron chi connectivity index (χ1n) is 13.7. The van der Waals surface area contributed by atoms with Gasteiger partial charge >= 0.3 is 0 Å². The lowest BCUT2D eigenvalue weighted by molar-refractivity contribution is -0.140. The summed E-state index contributed by atoms with van der Waals surface area (Å²) < 4.78 is 26.8. The Labute approximate surface area is 252 Å². The van der Waals surface area contributed by atoms with Crippen molar-refractivity contribution >= 4 is 50.7 Å². The summed E-state index contributed by atoms with van der Waals surface area (Å²) in [6, 6.07) is 22.2. The molecular weight excluding hydrogens is 581 g/mol. The van der Waals surface area contributed by atoms with Gasteiger partial charge in [0.2, 0.25) is 21.8 Å². The third kappa shape index (κ3) is 8.71. The first-order valence-corrected chi connectivity index (χ1v) is 16.3. The summed E-state index contributed by atoms with van der Waals surface area (Å²) in [6.07, 6.45) is 6.32. The Bertz CT molecular complexity index is 1430. The van der Waals surface area contributed by atoms with Crippen LogP contribution in [0.25, 0.3) is 0 Å². The number of para-hydroxylation sites is 1. The number of anilines is 1. The van der Waals surface area contributed by atoms with Crippen molar-refractivity contribution < 1.29 is 18.0 Å². The third-order valence-electron chi connectivity index (χ3n) is 7.29. The molecule has 7 nitrogen and oxygen atoms in total. The SMILES string of the molecule is CS(=O)(=O)N(CC(=O)N(Cc1ccc(Cl)cc1)[C@H](Cc1ccccc1)C(=O)NC1CCCCC1)c1ccccc1Cl. The molecule has 1 atom stereocenters. The molecule has 0 aliphatic heterocycles. The molecular formula is C31H35Cl2N3O4S. The van der Waals surface area contributed by atoms with Crippen LogP contribution in [0.2, 0.25) is 10.0 Å². The van der Waals surface area contributed by atoms with Crippen LogP contribution >= 0.6 is 23.2 Å². The van der Waals surface area contributed by atoms with E-state index in [1.807, 2.05) is 30.3 Å². The Balaban J connectivity index is 1.72. The van der Waals surface area contributed by atoms with Crippen LogP contribution in [-0.2, 0) is 32.6 Å². The molecule has 1 N–H and O–H groups in total. The summed E-state index contributed by atoms with van der Waals surface area (Å²) in [4.78, 5) is 29.6. The summed E-state index contributed by atoms with van der Waals surface area (Å²) in [5, 5.41) is 3.93. The minimum absolute atomic E-state index is 0.0395. The molecule has 1 saturated carbocycles. The van der Waals surface area contributed by atoms with Crippen LogP contribution in [0.15, 0.2) is 78.9 Å². The minimum atomic E-state index is -3.89. The molecule has 0 saturated heterocycles.